The second kappa shape index (κ2) is 5.95. The number of benzene rings is 1. The van der Waals surface area contributed by atoms with Crippen molar-refractivity contribution in [3.05, 3.63) is 24.3 Å². The minimum Gasteiger partial charge on any atom is -0.497 e. The van der Waals surface area contributed by atoms with Gasteiger partial charge in [0, 0.05) is 6.07 Å². The largest absolute Gasteiger partial charge is 0.497 e. The third kappa shape index (κ3) is 3.19. The fraction of sp³-hybridized carbons (Fsp3) is 0.533. The monoisotopic (exact) mass is 264 g/mol. The fourth-order valence-corrected chi connectivity index (χ4v) is 2.68. The molecule has 1 aromatic carbocycles. The van der Waals surface area contributed by atoms with Crippen molar-refractivity contribution in [2.75, 3.05) is 13.7 Å². The first-order chi connectivity index (χ1) is 9.16. The molecule has 0 radical (unpaired) electrons. The van der Waals surface area contributed by atoms with Gasteiger partial charge in [-0.1, -0.05) is 18.9 Å². The van der Waals surface area contributed by atoms with Crippen LogP contribution < -0.4 is 9.47 Å². The second-order valence-corrected chi connectivity index (χ2v) is 5.07. The van der Waals surface area contributed by atoms with Gasteiger partial charge in [-0.15, -0.1) is 0 Å². The van der Waals surface area contributed by atoms with E-state index >= 15 is 0 Å². The average Bonchev–Trinajstić information content (AvgIpc) is 2.89. The molecule has 1 saturated carbocycles. The van der Waals surface area contributed by atoms with Crippen LogP contribution in [0.2, 0.25) is 0 Å². The Bertz CT molecular complexity index is 436. The summed E-state index contributed by atoms with van der Waals surface area (Å²) in [5.41, 5.74) is -0.571. The van der Waals surface area contributed by atoms with E-state index in [1.165, 1.54) is 0 Å². The van der Waals surface area contributed by atoms with E-state index in [4.69, 9.17) is 9.47 Å². The molecule has 1 fully saturated rings. The molecule has 2 rings (SSSR count). The lowest BCUT2D eigenvalue weighted by Crippen LogP contribution is -2.29. The van der Waals surface area contributed by atoms with Crippen LogP contribution in [0.4, 0.5) is 0 Å². The first kappa shape index (κ1) is 13.7. The zero-order valence-electron chi connectivity index (χ0n) is 11.2. The topological polar surface area (TPSA) is 55.8 Å². The van der Waals surface area contributed by atoms with Crippen molar-refractivity contribution in [2.45, 2.75) is 32.1 Å². The highest BCUT2D eigenvalue weighted by atomic mass is 16.5. The molecule has 0 amide bonds. The van der Waals surface area contributed by atoms with Crippen molar-refractivity contribution in [1.82, 2.24) is 0 Å². The Balaban J connectivity index is 1.90. The summed E-state index contributed by atoms with van der Waals surface area (Å²) in [4.78, 5) is 11.4. The highest BCUT2D eigenvalue weighted by Gasteiger charge is 2.40. The van der Waals surface area contributed by atoms with Gasteiger partial charge >= 0.3 is 5.97 Å². The predicted molar refractivity (Wildman–Crippen MR) is 71.6 cm³/mol. The molecule has 0 atom stereocenters. The molecule has 0 aliphatic heterocycles. The van der Waals surface area contributed by atoms with Crippen molar-refractivity contribution in [3.8, 4) is 11.5 Å². The molecule has 0 aromatic heterocycles. The van der Waals surface area contributed by atoms with Gasteiger partial charge < -0.3 is 14.6 Å². The fourth-order valence-electron chi connectivity index (χ4n) is 2.68. The van der Waals surface area contributed by atoms with Gasteiger partial charge in [0.25, 0.3) is 0 Å². The quantitative estimate of drug-likeness (QED) is 0.857. The lowest BCUT2D eigenvalue weighted by molar-refractivity contribution is -0.149. The summed E-state index contributed by atoms with van der Waals surface area (Å²) >= 11 is 0. The molecule has 0 heterocycles. The highest BCUT2D eigenvalue weighted by Crippen LogP contribution is 2.41. The van der Waals surface area contributed by atoms with Crippen LogP contribution in [-0.2, 0) is 4.79 Å². The lowest BCUT2D eigenvalue weighted by Gasteiger charge is -2.23. The van der Waals surface area contributed by atoms with Crippen molar-refractivity contribution in [3.63, 3.8) is 0 Å². The summed E-state index contributed by atoms with van der Waals surface area (Å²) in [6.07, 6.45) is 4.12. The molecule has 19 heavy (non-hydrogen) atoms. The van der Waals surface area contributed by atoms with Crippen LogP contribution >= 0.6 is 0 Å². The average molecular weight is 264 g/mol. The van der Waals surface area contributed by atoms with Crippen molar-refractivity contribution >= 4 is 5.97 Å². The van der Waals surface area contributed by atoms with Crippen molar-refractivity contribution in [2.24, 2.45) is 5.41 Å². The number of aliphatic carboxylic acids is 1. The number of carbonyl (C=O) groups is 1. The van der Waals surface area contributed by atoms with Crippen molar-refractivity contribution < 1.29 is 19.4 Å². The number of carboxylic acid groups (broad SMARTS) is 1. The maximum absolute atomic E-state index is 11.4. The van der Waals surface area contributed by atoms with Crippen LogP contribution in [0, 0.1) is 5.41 Å². The van der Waals surface area contributed by atoms with E-state index in [-0.39, 0.29) is 0 Å². The molecule has 0 bridgehead atoms. The number of ether oxygens (including phenoxy) is 2. The van der Waals surface area contributed by atoms with E-state index in [1.54, 1.807) is 7.11 Å². The summed E-state index contributed by atoms with van der Waals surface area (Å²) in [6, 6.07) is 7.37. The second-order valence-electron chi connectivity index (χ2n) is 5.07. The molecule has 0 unspecified atom stereocenters. The van der Waals surface area contributed by atoms with Crippen LogP contribution in [0.1, 0.15) is 32.1 Å². The smallest absolute Gasteiger partial charge is 0.309 e. The summed E-state index contributed by atoms with van der Waals surface area (Å²) in [7, 11) is 1.61. The Morgan fingerprint density at radius 3 is 2.63 bits per heavy atom. The van der Waals surface area contributed by atoms with Gasteiger partial charge in [-0.2, -0.15) is 0 Å². The lowest BCUT2D eigenvalue weighted by atomic mass is 9.83. The Morgan fingerprint density at radius 2 is 2.00 bits per heavy atom. The van der Waals surface area contributed by atoms with Crippen LogP contribution in [0.5, 0.6) is 11.5 Å². The molecule has 104 valence electrons. The van der Waals surface area contributed by atoms with E-state index < -0.39 is 11.4 Å². The first-order valence-corrected chi connectivity index (χ1v) is 6.66. The van der Waals surface area contributed by atoms with Gasteiger partial charge in [0.2, 0.25) is 0 Å². The van der Waals surface area contributed by atoms with E-state index in [9.17, 15) is 9.90 Å². The van der Waals surface area contributed by atoms with Gasteiger partial charge in [0.15, 0.2) is 0 Å². The van der Waals surface area contributed by atoms with Crippen LogP contribution in [0.25, 0.3) is 0 Å². The molecule has 0 saturated heterocycles. The first-order valence-electron chi connectivity index (χ1n) is 6.66. The number of hydrogen-bond donors (Lipinski definition) is 1. The van der Waals surface area contributed by atoms with E-state index in [2.05, 4.69) is 0 Å². The Kier molecular flexibility index (Phi) is 4.30. The highest BCUT2D eigenvalue weighted by molar-refractivity contribution is 5.74. The molecule has 1 aliphatic rings. The Hall–Kier alpha value is -1.71. The van der Waals surface area contributed by atoms with E-state index in [0.717, 1.165) is 37.2 Å². The maximum Gasteiger partial charge on any atom is 0.309 e. The Morgan fingerprint density at radius 1 is 1.32 bits per heavy atom. The molecule has 4 heteroatoms. The molecule has 1 aliphatic carbocycles. The third-order valence-electron chi connectivity index (χ3n) is 3.90. The number of rotatable bonds is 6. The van der Waals surface area contributed by atoms with Gasteiger partial charge in [0.05, 0.1) is 19.1 Å². The van der Waals surface area contributed by atoms with Gasteiger partial charge in [-0.3, -0.25) is 4.79 Å². The molecule has 4 nitrogen and oxygen atoms in total. The molecular formula is C15H20O4. The van der Waals surface area contributed by atoms with Crippen LogP contribution in [0.3, 0.4) is 0 Å². The normalized spacial score (nSPS) is 17.1. The summed E-state index contributed by atoms with van der Waals surface area (Å²) in [5.74, 6) is 0.781. The minimum absolute atomic E-state index is 0.430. The zero-order valence-corrected chi connectivity index (χ0v) is 11.2. The van der Waals surface area contributed by atoms with Crippen LogP contribution in [-0.4, -0.2) is 24.8 Å². The Labute approximate surface area is 113 Å². The van der Waals surface area contributed by atoms with Gasteiger partial charge in [-0.05, 0) is 31.4 Å². The molecular weight excluding hydrogens is 244 g/mol. The number of hydrogen-bond acceptors (Lipinski definition) is 3. The third-order valence-corrected chi connectivity index (χ3v) is 3.90. The summed E-state index contributed by atoms with van der Waals surface area (Å²) in [6.45, 7) is 0.430. The summed E-state index contributed by atoms with van der Waals surface area (Å²) in [5, 5.41) is 9.37. The van der Waals surface area contributed by atoms with Crippen LogP contribution in [0.15, 0.2) is 24.3 Å². The standard InChI is InChI=1S/C15H20O4/c1-18-12-5-4-6-13(11-12)19-10-9-15(14(16)17)7-2-3-8-15/h4-6,11H,2-3,7-10H2,1H3,(H,16,17). The number of methoxy groups -OCH3 is 1. The SMILES string of the molecule is COc1cccc(OCCC2(C(=O)O)CCCC2)c1. The molecule has 1 aromatic rings. The molecule has 1 N–H and O–H groups in total. The molecule has 0 spiro atoms. The van der Waals surface area contributed by atoms with Gasteiger partial charge in [0.1, 0.15) is 11.5 Å². The predicted octanol–water partition coefficient (Wildman–Crippen LogP) is 3.11. The minimum atomic E-state index is -0.681. The maximum atomic E-state index is 11.4. The number of carboxylic acids is 1. The summed E-state index contributed by atoms with van der Waals surface area (Å²) < 4.78 is 10.8. The zero-order chi connectivity index (χ0) is 13.7. The van der Waals surface area contributed by atoms with Crippen molar-refractivity contribution in [1.29, 1.82) is 0 Å². The van der Waals surface area contributed by atoms with E-state index in [1.807, 2.05) is 24.3 Å². The van der Waals surface area contributed by atoms with Gasteiger partial charge in [-0.25, -0.2) is 0 Å². The van der Waals surface area contributed by atoms with E-state index in [0.29, 0.717) is 13.0 Å².